The average Bonchev–Trinajstić information content (AvgIpc) is 2.65. The predicted molar refractivity (Wildman–Crippen MR) is 104 cm³/mol. The summed E-state index contributed by atoms with van der Waals surface area (Å²) < 4.78 is 0. The number of pyridine rings is 1. The van der Waals surface area contributed by atoms with E-state index < -0.39 is 0 Å². The quantitative estimate of drug-likeness (QED) is 0.905. The van der Waals surface area contributed by atoms with Gasteiger partial charge in [-0.25, -0.2) is 4.79 Å². The summed E-state index contributed by atoms with van der Waals surface area (Å²) in [6.45, 7) is 7.61. The first-order valence-corrected chi connectivity index (χ1v) is 9.24. The minimum atomic E-state index is -0.228. The third kappa shape index (κ3) is 4.84. The summed E-state index contributed by atoms with van der Waals surface area (Å²) in [5, 5.41) is 2.94. The van der Waals surface area contributed by atoms with E-state index in [2.05, 4.69) is 10.3 Å². The molecule has 1 fully saturated rings. The second kappa shape index (κ2) is 8.20. The zero-order valence-electron chi connectivity index (χ0n) is 16.1. The second-order valence-corrected chi connectivity index (χ2v) is 7.10. The smallest absolute Gasteiger partial charge is 0.318 e. The predicted octanol–water partition coefficient (Wildman–Crippen LogP) is 2.81. The number of rotatable bonds is 4. The van der Waals surface area contributed by atoms with Crippen molar-refractivity contribution in [2.45, 2.75) is 33.4 Å². The number of piperazine rings is 1. The summed E-state index contributed by atoms with van der Waals surface area (Å²) in [5.74, 6) is -0.0293. The molecule has 1 aliphatic rings. The van der Waals surface area contributed by atoms with Crippen LogP contribution in [0.4, 0.5) is 4.79 Å². The number of hydrogen-bond donors (Lipinski definition) is 1. The molecule has 2 aromatic rings. The Bertz CT molecular complexity index is 819. The van der Waals surface area contributed by atoms with Crippen LogP contribution in [-0.4, -0.2) is 46.4 Å². The van der Waals surface area contributed by atoms with Gasteiger partial charge in [-0.1, -0.05) is 35.9 Å². The van der Waals surface area contributed by atoms with Gasteiger partial charge < -0.3 is 15.1 Å². The van der Waals surface area contributed by atoms with Crippen LogP contribution in [0.5, 0.6) is 0 Å². The number of benzene rings is 1. The van der Waals surface area contributed by atoms with E-state index in [0.29, 0.717) is 19.6 Å². The Morgan fingerprint density at radius 1 is 1.15 bits per heavy atom. The maximum absolute atomic E-state index is 12.5. The van der Waals surface area contributed by atoms with Crippen LogP contribution in [0.2, 0.25) is 0 Å². The highest BCUT2D eigenvalue weighted by Crippen LogP contribution is 2.13. The lowest BCUT2D eigenvalue weighted by Crippen LogP contribution is -2.54. The van der Waals surface area contributed by atoms with Crippen molar-refractivity contribution in [3.8, 4) is 0 Å². The van der Waals surface area contributed by atoms with Gasteiger partial charge >= 0.3 is 6.03 Å². The molecule has 0 saturated carbocycles. The van der Waals surface area contributed by atoms with Crippen LogP contribution < -0.4 is 5.32 Å². The van der Waals surface area contributed by atoms with Gasteiger partial charge in [-0.15, -0.1) is 0 Å². The Morgan fingerprint density at radius 2 is 1.89 bits per heavy atom. The summed E-state index contributed by atoms with van der Waals surface area (Å²) in [6.07, 6.45) is 0. The number of aromatic nitrogens is 1. The van der Waals surface area contributed by atoms with Gasteiger partial charge in [-0.2, -0.15) is 0 Å². The fourth-order valence-electron chi connectivity index (χ4n) is 3.12. The lowest BCUT2D eigenvalue weighted by molar-refractivity contribution is -0.135. The van der Waals surface area contributed by atoms with Gasteiger partial charge in [0.25, 0.3) is 0 Å². The normalized spacial score (nSPS) is 15.6. The standard InChI is InChI=1S/C21H26N4O2/c1-15-7-9-18(10-8-15)13-24-11-12-25(14-20(24)26)21(27)23-17(3)19-6-4-5-16(2)22-19/h4-10,17H,11-14H2,1-3H3,(H,23,27)/t17-/m1/s1. The number of amides is 3. The lowest BCUT2D eigenvalue weighted by atomic mass is 10.1. The number of carbonyl (C=O) groups is 2. The van der Waals surface area contributed by atoms with Gasteiger partial charge in [-0.05, 0) is 38.5 Å². The van der Waals surface area contributed by atoms with Crippen molar-refractivity contribution in [2.75, 3.05) is 19.6 Å². The molecule has 0 bridgehead atoms. The average molecular weight is 366 g/mol. The molecule has 0 aliphatic carbocycles. The Labute approximate surface area is 160 Å². The maximum Gasteiger partial charge on any atom is 0.318 e. The highest BCUT2D eigenvalue weighted by atomic mass is 16.2. The summed E-state index contributed by atoms with van der Waals surface area (Å²) >= 11 is 0. The summed E-state index contributed by atoms with van der Waals surface area (Å²) in [4.78, 5) is 32.8. The van der Waals surface area contributed by atoms with Gasteiger partial charge in [-0.3, -0.25) is 9.78 Å². The van der Waals surface area contributed by atoms with E-state index >= 15 is 0 Å². The largest absolute Gasteiger partial charge is 0.335 e. The van der Waals surface area contributed by atoms with E-state index in [0.717, 1.165) is 17.0 Å². The van der Waals surface area contributed by atoms with Crippen molar-refractivity contribution in [3.63, 3.8) is 0 Å². The number of aryl methyl sites for hydroxylation is 2. The first kappa shape index (κ1) is 18.9. The number of hydrogen-bond acceptors (Lipinski definition) is 3. The molecule has 0 radical (unpaired) electrons. The van der Waals surface area contributed by atoms with Crippen LogP contribution in [0.25, 0.3) is 0 Å². The van der Waals surface area contributed by atoms with E-state index in [-0.39, 0.29) is 24.5 Å². The molecule has 6 nitrogen and oxygen atoms in total. The van der Waals surface area contributed by atoms with Crippen LogP contribution in [-0.2, 0) is 11.3 Å². The highest BCUT2D eigenvalue weighted by Gasteiger charge is 2.28. The maximum atomic E-state index is 12.5. The Balaban J connectivity index is 1.54. The lowest BCUT2D eigenvalue weighted by Gasteiger charge is -2.35. The van der Waals surface area contributed by atoms with Crippen LogP contribution in [0.1, 0.15) is 35.5 Å². The fourth-order valence-corrected chi connectivity index (χ4v) is 3.12. The van der Waals surface area contributed by atoms with E-state index in [1.54, 1.807) is 9.80 Å². The molecule has 6 heteroatoms. The molecule has 1 aromatic heterocycles. The Morgan fingerprint density at radius 3 is 2.56 bits per heavy atom. The SMILES string of the molecule is Cc1ccc(CN2CCN(C(=O)N[C@H](C)c3cccc(C)n3)CC2=O)cc1. The van der Waals surface area contributed by atoms with Crippen molar-refractivity contribution in [1.82, 2.24) is 20.1 Å². The monoisotopic (exact) mass is 366 g/mol. The third-order valence-corrected chi connectivity index (χ3v) is 4.79. The minimum Gasteiger partial charge on any atom is -0.335 e. The number of urea groups is 1. The van der Waals surface area contributed by atoms with Crippen molar-refractivity contribution >= 4 is 11.9 Å². The van der Waals surface area contributed by atoms with Crippen molar-refractivity contribution in [3.05, 3.63) is 65.0 Å². The molecule has 0 spiro atoms. The first-order chi connectivity index (χ1) is 12.9. The van der Waals surface area contributed by atoms with Gasteiger partial charge in [0.1, 0.15) is 6.54 Å². The molecule has 1 aliphatic heterocycles. The van der Waals surface area contributed by atoms with E-state index in [9.17, 15) is 9.59 Å². The number of nitrogens with zero attached hydrogens (tertiary/aromatic N) is 3. The first-order valence-electron chi connectivity index (χ1n) is 9.24. The molecule has 1 saturated heterocycles. The second-order valence-electron chi connectivity index (χ2n) is 7.10. The Hall–Kier alpha value is -2.89. The Kier molecular flexibility index (Phi) is 5.74. The van der Waals surface area contributed by atoms with Gasteiger partial charge in [0.2, 0.25) is 5.91 Å². The molecule has 1 aromatic carbocycles. The molecule has 1 N–H and O–H groups in total. The summed E-state index contributed by atoms with van der Waals surface area (Å²) in [7, 11) is 0. The zero-order valence-corrected chi connectivity index (χ0v) is 16.1. The molecule has 2 heterocycles. The highest BCUT2D eigenvalue weighted by molar-refractivity contribution is 5.85. The molecule has 142 valence electrons. The third-order valence-electron chi connectivity index (χ3n) is 4.79. The molecule has 0 unspecified atom stereocenters. The summed E-state index contributed by atoms with van der Waals surface area (Å²) in [5.41, 5.74) is 4.02. The van der Waals surface area contributed by atoms with E-state index in [4.69, 9.17) is 0 Å². The van der Waals surface area contributed by atoms with E-state index in [1.165, 1.54) is 5.56 Å². The fraction of sp³-hybridized carbons (Fsp3) is 0.381. The molecular weight excluding hydrogens is 340 g/mol. The molecule has 3 rings (SSSR count). The van der Waals surface area contributed by atoms with E-state index in [1.807, 2.05) is 63.2 Å². The van der Waals surface area contributed by atoms with Crippen LogP contribution in [0, 0.1) is 13.8 Å². The minimum absolute atomic E-state index is 0.0293. The van der Waals surface area contributed by atoms with Crippen molar-refractivity contribution in [1.29, 1.82) is 0 Å². The van der Waals surface area contributed by atoms with Crippen LogP contribution in [0.15, 0.2) is 42.5 Å². The van der Waals surface area contributed by atoms with Crippen molar-refractivity contribution in [2.24, 2.45) is 0 Å². The molecular formula is C21H26N4O2. The van der Waals surface area contributed by atoms with Crippen LogP contribution in [0.3, 0.4) is 0 Å². The number of nitrogens with one attached hydrogen (secondary N) is 1. The van der Waals surface area contributed by atoms with Crippen molar-refractivity contribution < 1.29 is 9.59 Å². The molecule has 1 atom stereocenters. The van der Waals surface area contributed by atoms with Crippen LogP contribution >= 0.6 is 0 Å². The summed E-state index contributed by atoms with van der Waals surface area (Å²) in [6, 6.07) is 13.5. The van der Waals surface area contributed by atoms with Gasteiger partial charge in [0.05, 0.1) is 11.7 Å². The number of carbonyl (C=O) groups excluding carboxylic acids is 2. The van der Waals surface area contributed by atoms with Gasteiger partial charge in [0, 0.05) is 25.3 Å². The molecule has 27 heavy (non-hydrogen) atoms. The zero-order chi connectivity index (χ0) is 19.4. The topological polar surface area (TPSA) is 65.5 Å². The molecule has 3 amide bonds. The van der Waals surface area contributed by atoms with Gasteiger partial charge in [0.15, 0.2) is 0 Å².